The largest absolute Gasteiger partial charge is 0.394 e. The summed E-state index contributed by atoms with van der Waals surface area (Å²) in [5.74, 6) is 1.51. The molecular formula is C11H18N4O2. The first-order valence-electron chi connectivity index (χ1n) is 5.87. The normalized spacial score (nSPS) is 20.4. The predicted octanol–water partition coefficient (Wildman–Crippen LogP) is 0.106. The molecule has 0 spiro atoms. The maximum absolute atomic E-state index is 9.10. The van der Waals surface area contributed by atoms with Crippen LogP contribution in [-0.2, 0) is 4.74 Å². The van der Waals surface area contributed by atoms with Gasteiger partial charge in [0.25, 0.3) is 0 Å². The fourth-order valence-corrected chi connectivity index (χ4v) is 1.81. The quantitative estimate of drug-likeness (QED) is 0.775. The van der Waals surface area contributed by atoms with Crippen LogP contribution < -0.4 is 10.2 Å². The monoisotopic (exact) mass is 238 g/mol. The Labute approximate surface area is 101 Å². The highest BCUT2D eigenvalue weighted by Crippen LogP contribution is 2.15. The number of nitrogens with zero attached hydrogens (tertiary/aromatic N) is 3. The summed E-state index contributed by atoms with van der Waals surface area (Å²) < 4.78 is 5.41. The first-order chi connectivity index (χ1) is 8.33. The van der Waals surface area contributed by atoms with Crippen molar-refractivity contribution in [3.8, 4) is 0 Å². The van der Waals surface area contributed by atoms with Crippen molar-refractivity contribution in [2.75, 3.05) is 43.1 Å². The summed E-state index contributed by atoms with van der Waals surface area (Å²) in [6.45, 7) is 4.92. The van der Waals surface area contributed by atoms with Crippen molar-refractivity contribution in [1.29, 1.82) is 0 Å². The maximum atomic E-state index is 9.10. The summed E-state index contributed by atoms with van der Waals surface area (Å²) in [7, 11) is 0. The van der Waals surface area contributed by atoms with E-state index in [0.29, 0.717) is 19.1 Å². The van der Waals surface area contributed by atoms with Crippen LogP contribution in [0.3, 0.4) is 0 Å². The molecule has 1 fully saturated rings. The second-order valence-corrected chi connectivity index (χ2v) is 3.89. The molecule has 0 amide bonds. The molecule has 1 unspecified atom stereocenters. The lowest BCUT2D eigenvalue weighted by atomic mass is 10.3. The van der Waals surface area contributed by atoms with Gasteiger partial charge in [-0.05, 0) is 13.0 Å². The fraction of sp³-hybridized carbons (Fsp3) is 0.636. The van der Waals surface area contributed by atoms with Crippen LogP contribution in [0.4, 0.5) is 11.8 Å². The highest BCUT2D eigenvalue weighted by Gasteiger charge is 2.20. The van der Waals surface area contributed by atoms with Crippen molar-refractivity contribution in [3.05, 3.63) is 12.3 Å². The lowest BCUT2D eigenvalue weighted by molar-refractivity contribution is 0.00336. The molecule has 0 aromatic carbocycles. The van der Waals surface area contributed by atoms with Crippen molar-refractivity contribution in [3.63, 3.8) is 0 Å². The van der Waals surface area contributed by atoms with Crippen LogP contribution in [0.15, 0.2) is 12.3 Å². The lowest BCUT2D eigenvalue weighted by Crippen LogP contribution is -2.44. The van der Waals surface area contributed by atoms with Crippen molar-refractivity contribution >= 4 is 11.8 Å². The van der Waals surface area contributed by atoms with Crippen LogP contribution in [0.1, 0.15) is 6.92 Å². The number of nitrogens with one attached hydrogen (secondary N) is 1. The van der Waals surface area contributed by atoms with Gasteiger partial charge in [-0.2, -0.15) is 4.98 Å². The zero-order chi connectivity index (χ0) is 12.1. The van der Waals surface area contributed by atoms with Gasteiger partial charge in [0.1, 0.15) is 5.82 Å². The van der Waals surface area contributed by atoms with E-state index in [1.54, 1.807) is 6.20 Å². The number of hydrogen-bond acceptors (Lipinski definition) is 6. The molecule has 1 atom stereocenters. The van der Waals surface area contributed by atoms with Crippen molar-refractivity contribution in [2.24, 2.45) is 0 Å². The van der Waals surface area contributed by atoms with E-state index in [4.69, 9.17) is 9.84 Å². The summed E-state index contributed by atoms with van der Waals surface area (Å²) in [5, 5.41) is 12.2. The Morgan fingerprint density at radius 1 is 1.65 bits per heavy atom. The van der Waals surface area contributed by atoms with Gasteiger partial charge in [-0.15, -0.1) is 0 Å². The third-order valence-corrected chi connectivity index (χ3v) is 2.64. The van der Waals surface area contributed by atoms with Gasteiger partial charge in [0.05, 0.1) is 19.3 Å². The average molecular weight is 238 g/mol. The molecule has 0 saturated carbocycles. The minimum Gasteiger partial charge on any atom is -0.394 e. The minimum atomic E-state index is -0.124. The molecule has 0 aliphatic carbocycles. The van der Waals surface area contributed by atoms with Gasteiger partial charge >= 0.3 is 0 Å². The van der Waals surface area contributed by atoms with E-state index in [1.807, 2.05) is 13.0 Å². The third-order valence-electron chi connectivity index (χ3n) is 2.64. The first-order valence-corrected chi connectivity index (χ1v) is 5.87. The Kier molecular flexibility index (Phi) is 4.11. The number of morpholine rings is 1. The van der Waals surface area contributed by atoms with Crippen LogP contribution in [0.5, 0.6) is 0 Å². The Morgan fingerprint density at radius 3 is 3.29 bits per heavy atom. The summed E-state index contributed by atoms with van der Waals surface area (Å²) in [6, 6.07) is 1.88. The van der Waals surface area contributed by atoms with Gasteiger partial charge in [-0.1, -0.05) is 0 Å². The molecule has 1 aromatic heterocycles. The molecule has 6 heteroatoms. The summed E-state index contributed by atoms with van der Waals surface area (Å²) >= 11 is 0. The Bertz CT molecular complexity index is 361. The molecule has 2 N–H and O–H groups in total. The molecule has 1 aliphatic heterocycles. The van der Waals surface area contributed by atoms with Crippen molar-refractivity contribution in [1.82, 2.24) is 9.97 Å². The van der Waals surface area contributed by atoms with Crippen molar-refractivity contribution in [2.45, 2.75) is 13.0 Å². The SMILES string of the molecule is CCNc1nccc(N2CCOC(CO)C2)n1. The summed E-state index contributed by atoms with van der Waals surface area (Å²) in [4.78, 5) is 10.7. The molecule has 2 heterocycles. The topological polar surface area (TPSA) is 70.5 Å². The Morgan fingerprint density at radius 2 is 2.53 bits per heavy atom. The maximum Gasteiger partial charge on any atom is 0.224 e. The average Bonchev–Trinajstić information content (AvgIpc) is 2.40. The van der Waals surface area contributed by atoms with E-state index in [9.17, 15) is 0 Å². The predicted molar refractivity (Wildman–Crippen MR) is 65.2 cm³/mol. The molecule has 1 aliphatic rings. The van der Waals surface area contributed by atoms with Gasteiger partial charge in [-0.3, -0.25) is 0 Å². The number of rotatable bonds is 4. The third kappa shape index (κ3) is 3.04. The van der Waals surface area contributed by atoms with Crippen LogP contribution in [-0.4, -0.2) is 54.0 Å². The van der Waals surface area contributed by atoms with E-state index in [2.05, 4.69) is 20.2 Å². The molecule has 1 saturated heterocycles. The molecule has 2 rings (SSSR count). The van der Waals surface area contributed by atoms with E-state index in [1.165, 1.54) is 0 Å². The van der Waals surface area contributed by atoms with E-state index in [0.717, 1.165) is 18.9 Å². The zero-order valence-electron chi connectivity index (χ0n) is 9.96. The number of aliphatic hydroxyl groups excluding tert-OH is 1. The molecule has 1 aromatic rings. The molecule has 6 nitrogen and oxygen atoms in total. The number of anilines is 2. The van der Waals surface area contributed by atoms with Gasteiger partial charge in [0.2, 0.25) is 5.95 Å². The van der Waals surface area contributed by atoms with Crippen LogP contribution in [0, 0.1) is 0 Å². The highest BCUT2D eigenvalue weighted by molar-refractivity contribution is 5.42. The van der Waals surface area contributed by atoms with Crippen LogP contribution in [0.2, 0.25) is 0 Å². The van der Waals surface area contributed by atoms with Crippen LogP contribution >= 0.6 is 0 Å². The Hall–Kier alpha value is -1.40. The minimum absolute atomic E-state index is 0.0433. The molecule has 17 heavy (non-hydrogen) atoms. The Balaban J connectivity index is 2.07. The van der Waals surface area contributed by atoms with Gasteiger partial charge in [-0.25, -0.2) is 4.98 Å². The fourth-order valence-electron chi connectivity index (χ4n) is 1.81. The molecular weight excluding hydrogens is 220 g/mol. The summed E-state index contributed by atoms with van der Waals surface area (Å²) in [6.07, 6.45) is 1.62. The van der Waals surface area contributed by atoms with Gasteiger partial charge in [0, 0.05) is 25.8 Å². The van der Waals surface area contributed by atoms with Gasteiger partial charge < -0.3 is 20.1 Å². The number of aromatic nitrogens is 2. The summed E-state index contributed by atoms with van der Waals surface area (Å²) in [5.41, 5.74) is 0. The zero-order valence-corrected chi connectivity index (χ0v) is 9.96. The highest BCUT2D eigenvalue weighted by atomic mass is 16.5. The van der Waals surface area contributed by atoms with E-state index in [-0.39, 0.29) is 12.7 Å². The molecule has 0 bridgehead atoms. The first kappa shape index (κ1) is 12.1. The van der Waals surface area contributed by atoms with E-state index >= 15 is 0 Å². The second-order valence-electron chi connectivity index (χ2n) is 3.89. The standard InChI is InChI=1S/C11H18N4O2/c1-2-12-11-13-4-3-10(14-11)15-5-6-17-9(7-15)8-16/h3-4,9,16H,2,5-8H2,1H3,(H,12,13,14). The number of hydrogen-bond donors (Lipinski definition) is 2. The van der Waals surface area contributed by atoms with Crippen molar-refractivity contribution < 1.29 is 9.84 Å². The second kappa shape index (κ2) is 5.79. The number of aliphatic hydroxyl groups is 1. The lowest BCUT2D eigenvalue weighted by Gasteiger charge is -2.32. The van der Waals surface area contributed by atoms with Crippen LogP contribution in [0.25, 0.3) is 0 Å². The molecule has 94 valence electrons. The molecule has 0 radical (unpaired) electrons. The van der Waals surface area contributed by atoms with Gasteiger partial charge in [0.15, 0.2) is 0 Å². The smallest absolute Gasteiger partial charge is 0.224 e. The number of ether oxygens (including phenoxy) is 1. The van der Waals surface area contributed by atoms with E-state index < -0.39 is 0 Å².